The van der Waals surface area contributed by atoms with Crippen molar-refractivity contribution in [2.45, 2.75) is 52.8 Å². The molecule has 116 valence electrons. The molecule has 0 radical (unpaired) electrons. The number of nitrogens with one attached hydrogen (secondary N) is 2. The quantitative estimate of drug-likeness (QED) is 0.770. The van der Waals surface area contributed by atoms with Gasteiger partial charge in [-0.1, -0.05) is 19.4 Å². The molecule has 2 unspecified atom stereocenters. The van der Waals surface area contributed by atoms with E-state index in [0.29, 0.717) is 6.42 Å². The van der Waals surface area contributed by atoms with E-state index in [4.69, 9.17) is 0 Å². The van der Waals surface area contributed by atoms with Crippen molar-refractivity contribution in [1.82, 2.24) is 10.6 Å². The van der Waals surface area contributed by atoms with Crippen molar-refractivity contribution >= 4 is 0 Å². The van der Waals surface area contributed by atoms with Gasteiger partial charge in [-0.2, -0.15) is 13.2 Å². The molecular formula is C15H25F3N2. The highest BCUT2D eigenvalue weighted by atomic mass is 19.4. The molecular weight excluding hydrogens is 265 g/mol. The Bertz CT molecular complexity index is 367. The minimum Gasteiger partial charge on any atom is -0.387 e. The molecule has 2 nitrogen and oxygen atoms in total. The van der Waals surface area contributed by atoms with Crippen molar-refractivity contribution in [3.8, 4) is 0 Å². The van der Waals surface area contributed by atoms with E-state index in [1.165, 1.54) is 11.6 Å². The van der Waals surface area contributed by atoms with E-state index in [9.17, 15) is 13.2 Å². The van der Waals surface area contributed by atoms with Crippen molar-refractivity contribution < 1.29 is 13.2 Å². The summed E-state index contributed by atoms with van der Waals surface area (Å²) in [6.07, 6.45) is -1.56. The summed E-state index contributed by atoms with van der Waals surface area (Å²) in [5, 5.41) is 6.80. The van der Waals surface area contributed by atoms with Crippen LogP contribution in [0.3, 0.4) is 0 Å². The maximum Gasteiger partial charge on any atom is 0.412 e. The van der Waals surface area contributed by atoms with E-state index in [1.54, 1.807) is 0 Å². The summed E-state index contributed by atoms with van der Waals surface area (Å²) in [5.41, 5.74) is 1.92. The Hall–Kier alpha value is -0.970. The molecule has 0 spiro atoms. The highest BCUT2D eigenvalue weighted by Crippen LogP contribution is 2.27. The lowest BCUT2D eigenvalue weighted by atomic mass is 9.92. The minimum atomic E-state index is -4.21. The van der Waals surface area contributed by atoms with Crippen molar-refractivity contribution in [3.05, 3.63) is 22.9 Å². The summed E-state index contributed by atoms with van der Waals surface area (Å²) in [6, 6.07) is 0.199. The maximum atomic E-state index is 12.5. The van der Waals surface area contributed by atoms with Crippen LogP contribution in [-0.4, -0.2) is 25.3 Å². The number of rotatable bonds is 4. The SMILES string of the molecule is CCC(C/C=C(\C)C(F)(F)F)C1CNC(C)=C(C)CN1. The molecule has 0 aromatic rings. The van der Waals surface area contributed by atoms with Gasteiger partial charge in [0.25, 0.3) is 0 Å². The molecule has 0 saturated heterocycles. The van der Waals surface area contributed by atoms with Crippen LogP contribution in [-0.2, 0) is 0 Å². The third-order valence-corrected chi connectivity index (χ3v) is 4.12. The lowest BCUT2D eigenvalue weighted by Crippen LogP contribution is -2.41. The van der Waals surface area contributed by atoms with E-state index in [-0.39, 0.29) is 12.0 Å². The average Bonchev–Trinajstić information content (AvgIpc) is 2.53. The largest absolute Gasteiger partial charge is 0.412 e. The number of halogens is 3. The predicted molar refractivity (Wildman–Crippen MR) is 76.4 cm³/mol. The molecule has 0 saturated carbocycles. The predicted octanol–water partition coefficient (Wildman–Crippen LogP) is 3.77. The number of hydrogen-bond acceptors (Lipinski definition) is 2. The van der Waals surface area contributed by atoms with Crippen molar-refractivity contribution in [2.24, 2.45) is 5.92 Å². The molecule has 5 heteroatoms. The summed E-state index contributed by atoms with van der Waals surface area (Å²) >= 11 is 0. The molecule has 0 aromatic heterocycles. The third-order valence-electron chi connectivity index (χ3n) is 4.12. The van der Waals surface area contributed by atoms with Crippen LogP contribution in [0.2, 0.25) is 0 Å². The van der Waals surface area contributed by atoms with Crippen molar-refractivity contribution in [1.29, 1.82) is 0 Å². The second kappa shape index (κ2) is 7.16. The van der Waals surface area contributed by atoms with Crippen LogP contribution in [0, 0.1) is 5.92 Å². The lowest BCUT2D eigenvalue weighted by molar-refractivity contribution is -0.0916. The number of allylic oxidation sites excluding steroid dienone is 3. The highest BCUT2D eigenvalue weighted by molar-refractivity contribution is 5.13. The molecule has 0 fully saturated rings. The fourth-order valence-corrected chi connectivity index (χ4v) is 2.30. The molecule has 20 heavy (non-hydrogen) atoms. The monoisotopic (exact) mass is 290 g/mol. The molecule has 1 rings (SSSR count). The van der Waals surface area contributed by atoms with E-state index in [2.05, 4.69) is 17.6 Å². The average molecular weight is 290 g/mol. The van der Waals surface area contributed by atoms with Gasteiger partial charge in [0, 0.05) is 30.4 Å². The van der Waals surface area contributed by atoms with Gasteiger partial charge in [-0.15, -0.1) is 0 Å². The van der Waals surface area contributed by atoms with Crippen molar-refractivity contribution in [2.75, 3.05) is 13.1 Å². The van der Waals surface area contributed by atoms with E-state index < -0.39 is 11.7 Å². The Morgan fingerprint density at radius 1 is 1.40 bits per heavy atom. The van der Waals surface area contributed by atoms with Gasteiger partial charge >= 0.3 is 6.18 Å². The summed E-state index contributed by atoms with van der Waals surface area (Å²) in [5.74, 6) is 0.207. The minimum absolute atomic E-state index is 0.199. The van der Waals surface area contributed by atoms with Crippen LogP contribution in [0.5, 0.6) is 0 Å². The van der Waals surface area contributed by atoms with Crippen LogP contribution in [0.25, 0.3) is 0 Å². The molecule has 0 amide bonds. The van der Waals surface area contributed by atoms with Crippen LogP contribution < -0.4 is 10.6 Å². The third kappa shape index (κ3) is 4.85. The van der Waals surface area contributed by atoms with Crippen LogP contribution >= 0.6 is 0 Å². The first-order valence-electron chi connectivity index (χ1n) is 7.13. The fraction of sp³-hybridized carbons (Fsp3) is 0.733. The van der Waals surface area contributed by atoms with E-state index in [0.717, 1.165) is 32.1 Å². The van der Waals surface area contributed by atoms with Gasteiger partial charge in [-0.05, 0) is 38.7 Å². The Kier molecular flexibility index (Phi) is 6.11. The maximum absolute atomic E-state index is 12.5. The summed E-state index contributed by atoms with van der Waals surface area (Å²) in [4.78, 5) is 0. The normalized spacial score (nSPS) is 23.4. The number of hydrogen-bond donors (Lipinski definition) is 2. The first-order chi connectivity index (χ1) is 9.25. The molecule has 0 aliphatic carbocycles. The Balaban J connectivity index is 2.64. The molecule has 0 bridgehead atoms. The van der Waals surface area contributed by atoms with Gasteiger partial charge < -0.3 is 10.6 Å². The fourth-order valence-electron chi connectivity index (χ4n) is 2.30. The Morgan fingerprint density at radius 3 is 2.60 bits per heavy atom. The molecule has 1 heterocycles. The Morgan fingerprint density at radius 2 is 2.05 bits per heavy atom. The van der Waals surface area contributed by atoms with Gasteiger partial charge in [0.1, 0.15) is 0 Å². The van der Waals surface area contributed by atoms with Crippen molar-refractivity contribution in [3.63, 3.8) is 0 Å². The first kappa shape index (κ1) is 17.1. The molecule has 0 aromatic carbocycles. The zero-order valence-corrected chi connectivity index (χ0v) is 12.7. The molecule has 2 atom stereocenters. The topological polar surface area (TPSA) is 24.1 Å². The summed E-state index contributed by atoms with van der Waals surface area (Å²) < 4.78 is 37.5. The van der Waals surface area contributed by atoms with E-state index >= 15 is 0 Å². The standard InChI is InChI=1S/C15H25F3N2/c1-5-13(7-6-11(3)15(16,17)18)14-9-19-12(4)10(2)8-20-14/h6,13-14,19-20H,5,7-9H2,1-4H3/b11-6+. The zero-order chi connectivity index (χ0) is 15.3. The molecule has 1 aliphatic rings. The highest BCUT2D eigenvalue weighted by Gasteiger charge is 2.30. The van der Waals surface area contributed by atoms with Gasteiger partial charge in [0.15, 0.2) is 0 Å². The number of alkyl halides is 3. The van der Waals surface area contributed by atoms with Gasteiger partial charge in [-0.25, -0.2) is 0 Å². The van der Waals surface area contributed by atoms with Crippen LogP contribution in [0.15, 0.2) is 22.9 Å². The molecule has 2 N–H and O–H groups in total. The second-order valence-corrected chi connectivity index (χ2v) is 5.56. The summed E-state index contributed by atoms with van der Waals surface area (Å²) in [7, 11) is 0. The van der Waals surface area contributed by atoms with E-state index in [1.807, 2.05) is 13.8 Å². The molecule has 1 aliphatic heterocycles. The van der Waals surface area contributed by atoms with Crippen LogP contribution in [0.1, 0.15) is 40.5 Å². The van der Waals surface area contributed by atoms with Gasteiger partial charge in [0.2, 0.25) is 0 Å². The van der Waals surface area contributed by atoms with Crippen LogP contribution in [0.4, 0.5) is 13.2 Å². The zero-order valence-electron chi connectivity index (χ0n) is 12.7. The Labute approximate surface area is 119 Å². The van der Waals surface area contributed by atoms with Gasteiger partial charge in [0.05, 0.1) is 0 Å². The van der Waals surface area contributed by atoms with Gasteiger partial charge in [-0.3, -0.25) is 0 Å². The lowest BCUT2D eigenvalue weighted by Gasteiger charge is -2.25. The smallest absolute Gasteiger partial charge is 0.387 e. The summed E-state index contributed by atoms with van der Waals surface area (Å²) in [6.45, 7) is 8.82. The first-order valence-corrected chi connectivity index (χ1v) is 7.13. The second-order valence-electron chi connectivity index (χ2n) is 5.56.